The molecular weight excluding hydrogens is 302 g/mol. The molecule has 0 saturated carbocycles. The summed E-state index contributed by atoms with van der Waals surface area (Å²) < 4.78 is 29.1. The molecular formula is C15H19N3O3S. The van der Waals surface area contributed by atoms with E-state index in [4.69, 9.17) is 4.74 Å². The number of nitrogens with zero attached hydrogens (tertiary/aromatic N) is 2. The quantitative estimate of drug-likeness (QED) is 0.879. The summed E-state index contributed by atoms with van der Waals surface area (Å²) in [5, 5.41) is 10.3. The zero-order valence-corrected chi connectivity index (χ0v) is 13.6. The van der Waals surface area contributed by atoms with E-state index in [2.05, 4.69) is 15.5 Å². The second-order valence-electron chi connectivity index (χ2n) is 5.06. The van der Waals surface area contributed by atoms with Crippen LogP contribution in [0.5, 0.6) is 5.75 Å². The number of nitrogens with one attached hydrogen (secondary N) is 1. The molecule has 0 aliphatic rings. The van der Waals surface area contributed by atoms with Gasteiger partial charge in [0, 0.05) is 6.54 Å². The van der Waals surface area contributed by atoms with E-state index in [1.54, 1.807) is 27.0 Å². The van der Waals surface area contributed by atoms with Crippen molar-refractivity contribution in [3.63, 3.8) is 0 Å². The zero-order valence-electron chi connectivity index (χ0n) is 12.8. The van der Waals surface area contributed by atoms with Crippen LogP contribution in [0.1, 0.15) is 19.4 Å². The van der Waals surface area contributed by atoms with Gasteiger partial charge in [-0.2, -0.15) is 0 Å². The van der Waals surface area contributed by atoms with Crippen LogP contribution in [0.15, 0.2) is 41.4 Å². The molecule has 2 aromatic rings. The average molecular weight is 321 g/mol. The highest BCUT2D eigenvalue weighted by Crippen LogP contribution is 2.16. The highest BCUT2D eigenvalue weighted by molar-refractivity contribution is 7.91. The topological polar surface area (TPSA) is 81.2 Å². The summed E-state index contributed by atoms with van der Waals surface area (Å²) in [4.78, 5) is 0. The van der Waals surface area contributed by atoms with E-state index in [1.807, 2.05) is 24.3 Å². The summed E-state index contributed by atoms with van der Waals surface area (Å²) in [5.41, 5.74) is 1.03. The van der Waals surface area contributed by atoms with Gasteiger partial charge < -0.3 is 10.1 Å². The van der Waals surface area contributed by atoms with Gasteiger partial charge in [-0.3, -0.25) is 0 Å². The first-order valence-corrected chi connectivity index (χ1v) is 8.42. The summed E-state index contributed by atoms with van der Waals surface area (Å²) in [6.45, 7) is 3.78. The van der Waals surface area contributed by atoms with Crippen LogP contribution in [0.4, 0.5) is 5.82 Å². The van der Waals surface area contributed by atoms with Gasteiger partial charge in [0.15, 0.2) is 14.9 Å². The Bertz CT molecular complexity index is 728. The van der Waals surface area contributed by atoms with Crippen molar-refractivity contribution in [2.24, 2.45) is 0 Å². The molecule has 0 radical (unpaired) electrons. The van der Waals surface area contributed by atoms with Gasteiger partial charge in [0.2, 0.25) is 0 Å². The van der Waals surface area contributed by atoms with Crippen molar-refractivity contribution in [3.8, 4) is 5.75 Å². The van der Waals surface area contributed by atoms with E-state index in [0.29, 0.717) is 12.4 Å². The number of rotatable bonds is 6. The minimum atomic E-state index is -3.39. The van der Waals surface area contributed by atoms with E-state index in [-0.39, 0.29) is 5.03 Å². The Morgan fingerprint density at radius 3 is 2.55 bits per heavy atom. The lowest BCUT2D eigenvalue weighted by molar-refractivity contribution is 0.414. The van der Waals surface area contributed by atoms with Crippen molar-refractivity contribution >= 4 is 15.7 Å². The van der Waals surface area contributed by atoms with Gasteiger partial charge in [0.1, 0.15) is 11.6 Å². The number of anilines is 1. The summed E-state index contributed by atoms with van der Waals surface area (Å²) in [5.74, 6) is 1.30. The number of hydrogen-bond donors (Lipinski definition) is 1. The molecule has 22 heavy (non-hydrogen) atoms. The highest BCUT2D eigenvalue weighted by atomic mass is 32.2. The first-order chi connectivity index (χ1) is 10.4. The maximum atomic E-state index is 12.0. The highest BCUT2D eigenvalue weighted by Gasteiger charge is 2.21. The molecule has 1 aromatic carbocycles. The largest absolute Gasteiger partial charge is 0.497 e. The third-order valence-corrected chi connectivity index (χ3v) is 5.20. The molecule has 0 amide bonds. The lowest BCUT2D eigenvalue weighted by atomic mass is 10.2. The molecule has 6 nitrogen and oxygen atoms in total. The minimum absolute atomic E-state index is 0.00516. The molecule has 0 bridgehead atoms. The lowest BCUT2D eigenvalue weighted by Gasteiger charge is -2.08. The predicted octanol–water partition coefficient (Wildman–Crippen LogP) is 2.28. The molecule has 0 saturated heterocycles. The Kier molecular flexibility index (Phi) is 4.97. The second-order valence-corrected chi connectivity index (χ2v) is 7.51. The van der Waals surface area contributed by atoms with Crippen molar-refractivity contribution in [3.05, 3.63) is 42.0 Å². The lowest BCUT2D eigenvalue weighted by Crippen LogP contribution is -2.16. The molecule has 2 rings (SSSR count). The molecule has 1 N–H and O–H groups in total. The minimum Gasteiger partial charge on any atom is -0.497 e. The van der Waals surface area contributed by atoms with Gasteiger partial charge in [-0.1, -0.05) is 12.1 Å². The van der Waals surface area contributed by atoms with Crippen LogP contribution in [-0.4, -0.2) is 31.0 Å². The summed E-state index contributed by atoms with van der Waals surface area (Å²) in [7, 11) is -1.77. The normalized spacial score (nSPS) is 11.5. The fraction of sp³-hybridized carbons (Fsp3) is 0.333. The summed E-state index contributed by atoms with van der Waals surface area (Å²) in [6, 6.07) is 10.7. The van der Waals surface area contributed by atoms with Crippen molar-refractivity contribution in [2.75, 3.05) is 12.4 Å². The van der Waals surface area contributed by atoms with Crippen LogP contribution < -0.4 is 10.1 Å². The standard InChI is InChI=1S/C15H19N3O3S/c1-11(2)22(19,20)15-8-7-14(17-18-15)16-10-12-5-4-6-13(9-12)21-3/h4-9,11H,10H2,1-3H3,(H,16,17). The van der Waals surface area contributed by atoms with Crippen LogP contribution in [0.25, 0.3) is 0 Å². The molecule has 7 heteroatoms. The predicted molar refractivity (Wildman–Crippen MR) is 84.7 cm³/mol. The molecule has 0 unspecified atom stereocenters. The van der Waals surface area contributed by atoms with E-state index in [1.165, 1.54) is 6.07 Å². The van der Waals surface area contributed by atoms with Crippen LogP contribution >= 0.6 is 0 Å². The summed E-state index contributed by atoms with van der Waals surface area (Å²) >= 11 is 0. The Labute approximate surface area is 130 Å². The molecule has 1 heterocycles. The summed E-state index contributed by atoms with van der Waals surface area (Å²) in [6.07, 6.45) is 0. The fourth-order valence-corrected chi connectivity index (χ4v) is 2.68. The number of methoxy groups -OCH3 is 1. The van der Waals surface area contributed by atoms with E-state index in [9.17, 15) is 8.42 Å². The van der Waals surface area contributed by atoms with Gasteiger partial charge in [-0.05, 0) is 43.7 Å². The smallest absolute Gasteiger partial charge is 0.199 e. The van der Waals surface area contributed by atoms with Crippen molar-refractivity contribution in [1.82, 2.24) is 10.2 Å². The van der Waals surface area contributed by atoms with E-state index in [0.717, 1.165) is 11.3 Å². The number of aromatic nitrogens is 2. The van der Waals surface area contributed by atoms with Crippen molar-refractivity contribution in [2.45, 2.75) is 30.7 Å². The van der Waals surface area contributed by atoms with Gasteiger partial charge in [0.05, 0.1) is 12.4 Å². The first-order valence-electron chi connectivity index (χ1n) is 6.88. The molecule has 0 fully saturated rings. The first kappa shape index (κ1) is 16.2. The van der Waals surface area contributed by atoms with Crippen LogP contribution in [0, 0.1) is 0 Å². The Morgan fingerprint density at radius 1 is 1.18 bits per heavy atom. The van der Waals surface area contributed by atoms with Crippen LogP contribution in [0.3, 0.4) is 0 Å². The van der Waals surface area contributed by atoms with Crippen molar-refractivity contribution < 1.29 is 13.2 Å². The molecule has 0 atom stereocenters. The van der Waals surface area contributed by atoms with Gasteiger partial charge >= 0.3 is 0 Å². The third kappa shape index (κ3) is 3.73. The monoisotopic (exact) mass is 321 g/mol. The fourth-order valence-electron chi connectivity index (χ4n) is 1.78. The maximum absolute atomic E-state index is 12.0. The second kappa shape index (κ2) is 6.74. The number of hydrogen-bond acceptors (Lipinski definition) is 6. The molecule has 0 spiro atoms. The van der Waals surface area contributed by atoms with Crippen molar-refractivity contribution in [1.29, 1.82) is 0 Å². The Hall–Kier alpha value is -2.15. The Morgan fingerprint density at radius 2 is 1.95 bits per heavy atom. The van der Waals surface area contributed by atoms with Gasteiger partial charge in [0.25, 0.3) is 0 Å². The van der Waals surface area contributed by atoms with E-state index < -0.39 is 15.1 Å². The maximum Gasteiger partial charge on any atom is 0.199 e. The van der Waals surface area contributed by atoms with Crippen LogP contribution in [-0.2, 0) is 16.4 Å². The SMILES string of the molecule is COc1cccc(CNc2ccc(S(=O)(=O)C(C)C)nn2)c1. The zero-order chi connectivity index (χ0) is 16.2. The molecule has 1 aromatic heterocycles. The molecule has 118 valence electrons. The number of ether oxygens (including phenoxy) is 1. The number of benzene rings is 1. The van der Waals surface area contributed by atoms with Crippen LogP contribution in [0.2, 0.25) is 0 Å². The van der Waals surface area contributed by atoms with Gasteiger partial charge in [-0.15, -0.1) is 10.2 Å². The molecule has 0 aliphatic carbocycles. The van der Waals surface area contributed by atoms with E-state index >= 15 is 0 Å². The molecule has 0 aliphatic heterocycles. The average Bonchev–Trinajstić information content (AvgIpc) is 2.53. The third-order valence-electron chi connectivity index (χ3n) is 3.16. The number of sulfone groups is 1. The van der Waals surface area contributed by atoms with Gasteiger partial charge in [-0.25, -0.2) is 8.42 Å². The Balaban J connectivity index is 2.05.